The first-order valence-electron chi connectivity index (χ1n) is 8.12. The molecule has 1 aliphatic rings. The normalized spacial score (nSPS) is 16.6. The number of benzene rings is 1. The smallest absolute Gasteiger partial charge is 0.160 e. The molecule has 0 bridgehead atoms. The van der Waals surface area contributed by atoms with Gasteiger partial charge in [-0.3, -0.25) is 4.90 Å². The summed E-state index contributed by atoms with van der Waals surface area (Å²) in [4.78, 5) is 2.47. The Kier molecular flexibility index (Phi) is 5.20. The van der Waals surface area contributed by atoms with Gasteiger partial charge < -0.3 is 19.6 Å². The summed E-state index contributed by atoms with van der Waals surface area (Å²) in [6.45, 7) is 3.76. The highest BCUT2D eigenvalue weighted by Gasteiger charge is 2.25. The van der Waals surface area contributed by atoms with Crippen LogP contribution in [0.4, 0.5) is 0 Å². The van der Waals surface area contributed by atoms with Gasteiger partial charge >= 0.3 is 0 Å². The molecule has 0 amide bonds. The Hall–Kier alpha value is -1.98. The van der Waals surface area contributed by atoms with Gasteiger partial charge in [-0.05, 0) is 55.8 Å². The van der Waals surface area contributed by atoms with Crippen molar-refractivity contribution in [1.29, 1.82) is 0 Å². The molecule has 2 aromatic rings. The number of nitrogens with one attached hydrogen (secondary N) is 1. The molecule has 1 atom stereocenters. The summed E-state index contributed by atoms with van der Waals surface area (Å²) in [6.07, 6.45) is 4.24. The fraction of sp³-hybridized carbons (Fsp3) is 0.444. The summed E-state index contributed by atoms with van der Waals surface area (Å²) >= 11 is 0. The van der Waals surface area contributed by atoms with E-state index in [9.17, 15) is 5.11 Å². The molecule has 0 spiro atoms. The van der Waals surface area contributed by atoms with Crippen molar-refractivity contribution in [2.24, 2.45) is 0 Å². The van der Waals surface area contributed by atoms with Crippen molar-refractivity contribution >= 4 is 0 Å². The van der Waals surface area contributed by atoms with E-state index in [-0.39, 0.29) is 11.8 Å². The summed E-state index contributed by atoms with van der Waals surface area (Å²) in [5.74, 6) is 1.69. The van der Waals surface area contributed by atoms with Gasteiger partial charge in [-0.2, -0.15) is 0 Å². The quantitative estimate of drug-likeness (QED) is 0.822. The van der Waals surface area contributed by atoms with Crippen LogP contribution in [0.3, 0.4) is 0 Å². The standard InChI is InChI=1S/C18H24N2O3/c1-22-18-7-6-14(11-16(18)21)12-19-13-15(17-5-4-10-23-17)20-8-2-3-9-20/h4-7,10-11,15,19,21H,2-3,8-9,12-13H2,1H3. The van der Waals surface area contributed by atoms with E-state index in [4.69, 9.17) is 9.15 Å². The maximum Gasteiger partial charge on any atom is 0.160 e. The van der Waals surface area contributed by atoms with Crippen LogP contribution in [0, 0.1) is 0 Å². The van der Waals surface area contributed by atoms with Crippen LogP contribution in [0.15, 0.2) is 41.0 Å². The summed E-state index contributed by atoms with van der Waals surface area (Å²) in [5, 5.41) is 13.3. The van der Waals surface area contributed by atoms with Crippen LogP contribution >= 0.6 is 0 Å². The van der Waals surface area contributed by atoms with E-state index in [0.717, 1.165) is 31.0 Å². The second-order valence-corrected chi connectivity index (χ2v) is 5.91. The largest absolute Gasteiger partial charge is 0.504 e. The second kappa shape index (κ2) is 7.53. The zero-order chi connectivity index (χ0) is 16.1. The highest BCUT2D eigenvalue weighted by molar-refractivity contribution is 5.41. The van der Waals surface area contributed by atoms with Gasteiger partial charge in [-0.1, -0.05) is 6.07 Å². The first-order chi connectivity index (χ1) is 11.3. The highest BCUT2D eigenvalue weighted by Crippen LogP contribution is 2.27. The minimum atomic E-state index is 0.175. The molecule has 124 valence electrons. The van der Waals surface area contributed by atoms with Crippen LogP contribution in [-0.4, -0.2) is 36.8 Å². The number of hydrogen-bond donors (Lipinski definition) is 2. The molecular formula is C18H24N2O3. The fourth-order valence-electron chi connectivity index (χ4n) is 3.14. The number of nitrogens with zero attached hydrogens (tertiary/aromatic N) is 1. The molecule has 1 saturated heterocycles. The molecule has 1 aromatic heterocycles. The van der Waals surface area contributed by atoms with Crippen LogP contribution in [0.1, 0.15) is 30.2 Å². The Labute approximate surface area is 136 Å². The van der Waals surface area contributed by atoms with Crippen molar-refractivity contribution in [2.45, 2.75) is 25.4 Å². The van der Waals surface area contributed by atoms with Crippen LogP contribution in [0.5, 0.6) is 11.5 Å². The number of aromatic hydroxyl groups is 1. The first kappa shape index (κ1) is 15.9. The van der Waals surface area contributed by atoms with Gasteiger partial charge in [0, 0.05) is 13.1 Å². The van der Waals surface area contributed by atoms with Crippen LogP contribution < -0.4 is 10.1 Å². The lowest BCUT2D eigenvalue weighted by Crippen LogP contribution is -2.33. The second-order valence-electron chi connectivity index (χ2n) is 5.91. The van der Waals surface area contributed by atoms with E-state index in [1.165, 1.54) is 12.8 Å². The SMILES string of the molecule is COc1ccc(CNCC(c2ccco2)N2CCCC2)cc1O. The minimum absolute atomic E-state index is 0.175. The highest BCUT2D eigenvalue weighted by atomic mass is 16.5. The Morgan fingerprint density at radius 1 is 1.30 bits per heavy atom. The lowest BCUT2D eigenvalue weighted by atomic mass is 10.1. The van der Waals surface area contributed by atoms with E-state index in [1.54, 1.807) is 25.5 Å². The molecule has 23 heavy (non-hydrogen) atoms. The lowest BCUT2D eigenvalue weighted by Gasteiger charge is -2.26. The molecule has 1 aromatic carbocycles. The van der Waals surface area contributed by atoms with Gasteiger partial charge in [0.15, 0.2) is 11.5 Å². The first-order valence-corrected chi connectivity index (χ1v) is 8.12. The molecule has 5 nitrogen and oxygen atoms in total. The molecule has 0 saturated carbocycles. The zero-order valence-electron chi connectivity index (χ0n) is 13.5. The Morgan fingerprint density at radius 3 is 2.78 bits per heavy atom. The number of rotatable bonds is 7. The molecule has 0 radical (unpaired) electrons. The monoisotopic (exact) mass is 316 g/mol. The average Bonchev–Trinajstić information content (AvgIpc) is 3.25. The molecule has 5 heteroatoms. The summed E-state index contributed by atoms with van der Waals surface area (Å²) in [5.41, 5.74) is 1.03. The topological polar surface area (TPSA) is 57.9 Å². The van der Waals surface area contributed by atoms with Crippen molar-refractivity contribution in [1.82, 2.24) is 10.2 Å². The van der Waals surface area contributed by atoms with Crippen LogP contribution in [-0.2, 0) is 6.54 Å². The van der Waals surface area contributed by atoms with Gasteiger partial charge in [-0.15, -0.1) is 0 Å². The third kappa shape index (κ3) is 3.86. The average molecular weight is 316 g/mol. The lowest BCUT2D eigenvalue weighted by molar-refractivity contribution is 0.209. The number of hydrogen-bond acceptors (Lipinski definition) is 5. The number of ether oxygens (including phenoxy) is 1. The van der Waals surface area contributed by atoms with Gasteiger partial charge in [0.05, 0.1) is 19.4 Å². The summed E-state index contributed by atoms with van der Waals surface area (Å²) < 4.78 is 10.7. The summed E-state index contributed by atoms with van der Waals surface area (Å²) in [7, 11) is 1.55. The van der Waals surface area contributed by atoms with Crippen molar-refractivity contribution < 1.29 is 14.3 Å². The predicted molar refractivity (Wildman–Crippen MR) is 88.6 cm³/mol. The number of likely N-dealkylation sites (tertiary alicyclic amines) is 1. The van der Waals surface area contributed by atoms with E-state index in [1.807, 2.05) is 18.2 Å². The molecule has 2 heterocycles. The molecule has 1 fully saturated rings. The zero-order valence-corrected chi connectivity index (χ0v) is 13.5. The summed E-state index contributed by atoms with van der Waals surface area (Å²) in [6, 6.07) is 9.74. The van der Waals surface area contributed by atoms with Crippen LogP contribution in [0.2, 0.25) is 0 Å². The van der Waals surface area contributed by atoms with Gasteiger partial charge in [-0.25, -0.2) is 0 Å². The van der Waals surface area contributed by atoms with Crippen molar-refractivity contribution in [3.63, 3.8) is 0 Å². The Bertz CT molecular complexity index is 607. The molecule has 1 aliphatic heterocycles. The third-order valence-electron chi connectivity index (χ3n) is 4.36. The minimum Gasteiger partial charge on any atom is -0.504 e. The maximum atomic E-state index is 9.85. The molecule has 3 rings (SSSR count). The van der Waals surface area contributed by atoms with Gasteiger partial charge in [0.2, 0.25) is 0 Å². The number of furan rings is 1. The van der Waals surface area contributed by atoms with Crippen LogP contribution in [0.25, 0.3) is 0 Å². The molecule has 1 unspecified atom stereocenters. The fourth-order valence-corrected chi connectivity index (χ4v) is 3.14. The number of methoxy groups -OCH3 is 1. The van der Waals surface area contributed by atoms with Gasteiger partial charge in [0.25, 0.3) is 0 Å². The van der Waals surface area contributed by atoms with E-state index in [2.05, 4.69) is 10.2 Å². The van der Waals surface area contributed by atoms with E-state index in [0.29, 0.717) is 12.3 Å². The van der Waals surface area contributed by atoms with E-state index >= 15 is 0 Å². The molecular weight excluding hydrogens is 292 g/mol. The predicted octanol–water partition coefficient (Wildman–Crippen LogP) is 2.92. The van der Waals surface area contributed by atoms with Crippen molar-refractivity contribution in [3.05, 3.63) is 47.9 Å². The Balaban J connectivity index is 1.59. The van der Waals surface area contributed by atoms with Crippen molar-refractivity contribution in [3.8, 4) is 11.5 Å². The van der Waals surface area contributed by atoms with Crippen molar-refractivity contribution in [2.75, 3.05) is 26.7 Å². The van der Waals surface area contributed by atoms with E-state index < -0.39 is 0 Å². The number of phenolic OH excluding ortho intramolecular Hbond substituents is 1. The Morgan fingerprint density at radius 2 is 2.13 bits per heavy atom. The molecule has 0 aliphatic carbocycles. The maximum absolute atomic E-state index is 9.85. The van der Waals surface area contributed by atoms with Gasteiger partial charge in [0.1, 0.15) is 5.76 Å². The third-order valence-corrected chi connectivity index (χ3v) is 4.36. The molecule has 2 N–H and O–H groups in total. The number of phenols is 1.